The largest absolute Gasteiger partial charge is 0.348 e. The first kappa shape index (κ1) is 21.7. The fourth-order valence-corrected chi connectivity index (χ4v) is 3.70. The number of rotatable bonds is 5. The summed E-state index contributed by atoms with van der Waals surface area (Å²) in [5.41, 5.74) is 1.01. The van der Waals surface area contributed by atoms with Crippen molar-refractivity contribution in [2.24, 2.45) is 0 Å². The fraction of sp³-hybridized carbons (Fsp3) is 0.333. The number of amides is 2. The zero-order valence-electron chi connectivity index (χ0n) is 16.0. The van der Waals surface area contributed by atoms with Gasteiger partial charge >= 0.3 is 0 Å². The van der Waals surface area contributed by atoms with Gasteiger partial charge in [-0.25, -0.2) is 4.39 Å². The number of piperazine rings is 1. The highest BCUT2D eigenvalue weighted by molar-refractivity contribution is 9.10. The molecule has 29 heavy (non-hydrogen) atoms. The maximum absolute atomic E-state index is 13.9. The van der Waals surface area contributed by atoms with E-state index in [1.807, 2.05) is 36.1 Å². The Kier molecular flexibility index (Phi) is 7.27. The van der Waals surface area contributed by atoms with Crippen LogP contribution in [0.4, 0.5) is 4.39 Å². The minimum absolute atomic E-state index is 0.0213. The summed E-state index contributed by atoms with van der Waals surface area (Å²) in [5.74, 6) is -1.03. The van der Waals surface area contributed by atoms with Crippen LogP contribution in [0, 0.1) is 5.82 Å². The van der Waals surface area contributed by atoms with E-state index < -0.39 is 5.82 Å². The van der Waals surface area contributed by atoms with Gasteiger partial charge in [-0.3, -0.25) is 14.5 Å². The van der Waals surface area contributed by atoms with Gasteiger partial charge in [-0.1, -0.05) is 39.7 Å². The molecule has 0 radical (unpaired) electrons. The molecule has 0 saturated carbocycles. The summed E-state index contributed by atoms with van der Waals surface area (Å²) in [7, 11) is 0. The third-order valence-electron chi connectivity index (χ3n) is 4.93. The molecule has 1 atom stereocenters. The number of hydrogen-bond acceptors (Lipinski definition) is 3. The first-order chi connectivity index (χ1) is 13.8. The van der Waals surface area contributed by atoms with Crippen LogP contribution in [0.5, 0.6) is 0 Å². The monoisotopic (exact) mass is 481 g/mol. The summed E-state index contributed by atoms with van der Waals surface area (Å²) in [6.07, 6.45) is 0. The Bertz CT molecular complexity index is 886. The summed E-state index contributed by atoms with van der Waals surface area (Å²) >= 11 is 9.28. The predicted molar refractivity (Wildman–Crippen MR) is 114 cm³/mol. The van der Waals surface area contributed by atoms with Crippen molar-refractivity contribution in [1.29, 1.82) is 0 Å². The van der Waals surface area contributed by atoms with Crippen LogP contribution in [0.2, 0.25) is 5.02 Å². The molecule has 1 saturated heterocycles. The molecule has 8 heteroatoms. The van der Waals surface area contributed by atoms with Crippen LogP contribution in [-0.4, -0.2) is 54.3 Å². The van der Waals surface area contributed by atoms with Crippen LogP contribution in [0.15, 0.2) is 46.9 Å². The second-order valence-electron chi connectivity index (χ2n) is 7.03. The summed E-state index contributed by atoms with van der Waals surface area (Å²) in [5, 5.41) is 3.32. The molecule has 2 aromatic rings. The molecule has 1 N–H and O–H groups in total. The van der Waals surface area contributed by atoms with Crippen LogP contribution >= 0.6 is 27.5 Å². The van der Waals surface area contributed by atoms with Crippen LogP contribution in [-0.2, 0) is 4.79 Å². The number of nitrogens with zero attached hydrogens (tertiary/aromatic N) is 2. The average Bonchev–Trinajstić information content (AvgIpc) is 2.70. The summed E-state index contributed by atoms with van der Waals surface area (Å²) < 4.78 is 14.9. The smallest absolute Gasteiger partial charge is 0.256 e. The SMILES string of the molecule is CC(NC(=O)CN1CCN(C(=O)c2cc(Cl)ccc2F)CC1)c1ccc(Br)cc1. The lowest BCUT2D eigenvalue weighted by atomic mass is 10.1. The van der Waals surface area contributed by atoms with Gasteiger partial charge in [0.2, 0.25) is 5.91 Å². The molecule has 154 valence electrons. The Morgan fingerprint density at radius 1 is 1.14 bits per heavy atom. The molecule has 3 rings (SSSR count). The van der Waals surface area contributed by atoms with Crippen molar-refractivity contribution in [1.82, 2.24) is 15.1 Å². The normalized spacial score (nSPS) is 15.8. The first-order valence-electron chi connectivity index (χ1n) is 9.35. The van der Waals surface area contributed by atoms with Crippen LogP contribution in [0.3, 0.4) is 0 Å². The van der Waals surface area contributed by atoms with Crippen molar-refractivity contribution < 1.29 is 14.0 Å². The lowest BCUT2D eigenvalue weighted by Gasteiger charge is -2.34. The standard InChI is InChI=1S/C21H22BrClFN3O2/c1-14(15-2-4-16(22)5-3-15)25-20(28)13-26-8-10-27(11-9-26)21(29)18-12-17(23)6-7-19(18)24/h2-7,12,14H,8-11,13H2,1H3,(H,25,28). The number of nitrogens with one attached hydrogen (secondary N) is 1. The Labute approximate surface area is 182 Å². The van der Waals surface area contributed by atoms with E-state index in [-0.39, 0.29) is 30.0 Å². The van der Waals surface area contributed by atoms with E-state index in [1.165, 1.54) is 18.2 Å². The Balaban J connectivity index is 1.49. The maximum atomic E-state index is 13.9. The van der Waals surface area contributed by atoms with Crippen LogP contribution in [0.25, 0.3) is 0 Å². The minimum atomic E-state index is -0.580. The molecule has 0 aromatic heterocycles. The first-order valence-corrected chi connectivity index (χ1v) is 10.5. The van der Waals surface area contributed by atoms with E-state index >= 15 is 0 Å². The molecule has 1 aliphatic heterocycles. The van der Waals surface area contributed by atoms with Crippen molar-refractivity contribution in [3.05, 3.63) is 68.9 Å². The second-order valence-corrected chi connectivity index (χ2v) is 8.39. The Morgan fingerprint density at radius 3 is 2.45 bits per heavy atom. The minimum Gasteiger partial charge on any atom is -0.348 e. The topological polar surface area (TPSA) is 52.7 Å². The van der Waals surface area contributed by atoms with Crippen molar-refractivity contribution in [2.45, 2.75) is 13.0 Å². The molecule has 1 heterocycles. The highest BCUT2D eigenvalue weighted by Gasteiger charge is 2.25. The number of halogens is 3. The third kappa shape index (κ3) is 5.78. The lowest BCUT2D eigenvalue weighted by molar-refractivity contribution is -0.123. The molecular formula is C21H22BrClFN3O2. The highest BCUT2D eigenvalue weighted by Crippen LogP contribution is 2.18. The number of benzene rings is 2. The zero-order valence-corrected chi connectivity index (χ0v) is 18.3. The fourth-order valence-electron chi connectivity index (χ4n) is 3.27. The van der Waals surface area contributed by atoms with Gasteiger partial charge in [0, 0.05) is 35.7 Å². The van der Waals surface area contributed by atoms with E-state index in [2.05, 4.69) is 21.2 Å². The van der Waals surface area contributed by atoms with Gasteiger partial charge in [-0.05, 0) is 42.8 Å². The van der Waals surface area contributed by atoms with E-state index in [0.29, 0.717) is 31.2 Å². The van der Waals surface area contributed by atoms with Gasteiger partial charge in [-0.2, -0.15) is 0 Å². The molecular weight excluding hydrogens is 461 g/mol. The molecule has 2 amide bonds. The van der Waals surface area contributed by atoms with Gasteiger partial charge in [-0.15, -0.1) is 0 Å². The highest BCUT2D eigenvalue weighted by atomic mass is 79.9. The molecule has 0 aliphatic carbocycles. The van der Waals surface area contributed by atoms with Crippen LogP contribution < -0.4 is 5.32 Å². The summed E-state index contributed by atoms with van der Waals surface area (Å²) in [6.45, 7) is 4.16. The van der Waals surface area contributed by atoms with Gasteiger partial charge in [0.1, 0.15) is 5.82 Å². The summed E-state index contributed by atoms with van der Waals surface area (Å²) in [4.78, 5) is 28.5. The maximum Gasteiger partial charge on any atom is 0.256 e. The molecule has 0 bridgehead atoms. The second kappa shape index (κ2) is 9.69. The molecule has 5 nitrogen and oxygen atoms in total. The van der Waals surface area contributed by atoms with E-state index in [1.54, 1.807) is 4.90 Å². The van der Waals surface area contributed by atoms with Crippen molar-refractivity contribution in [3.63, 3.8) is 0 Å². The van der Waals surface area contributed by atoms with E-state index in [9.17, 15) is 14.0 Å². The zero-order chi connectivity index (χ0) is 21.0. The van der Waals surface area contributed by atoms with Gasteiger partial charge < -0.3 is 10.2 Å². The average molecular weight is 483 g/mol. The summed E-state index contributed by atoms with van der Waals surface area (Å²) in [6, 6.07) is 11.7. The van der Waals surface area contributed by atoms with Gasteiger partial charge in [0.15, 0.2) is 0 Å². The van der Waals surface area contributed by atoms with Crippen molar-refractivity contribution in [2.75, 3.05) is 32.7 Å². The third-order valence-corrected chi connectivity index (χ3v) is 5.70. The number of carbonyl (C=O) groups is 2. The Morgan fingerprint density at radius 2 is 1.79 bits per heavy atom. The number of hydrogen-bond donors (Lipinski definition) is 1. The van der Waals surface area contributed by atoms with Crippen molar-refractivity contribution >= 4 is 39.3 Å². The molecule has 2 aromatic carbocycles. The molecule has 1 aliphatic rings. The quantitative estimate of drug-likeness (QED) is 0.704. The van der Waals surface area contributed by atoms with Crippen molar-refractivity contribution in [3.8, 4) is 0 Å². The van der Waals surface area contributed by atoms with Gasteiger partial charge in [0.05, 0.1) is 18.2 Å². The predicted octanol–water partition coefficient (Wildman–Crippen LogP) is 3.88. The molecule has 1 unspecified atom stereocenters. The molecule has 0 spiro atoms. The van der Waals surface area contributed by atoms with Gasteiger partial charge in [0.25, 0.3) is 5.91 Å². The lowest BCUT2D eigenvalue weighted by Crippen LogP contribution is -2.51. The molecule has 1 fully saturated rings. The van der Waals surface area contributed by atoms with Crippen LogP contribution in [0.1, 0.15) is 28.9 Å². The van der Waals surface area contributed by atoms with E-state index in [0.717, 1.165) is 10.0 Å². The van der Waals surface area contributed by atoms with E-state index in [4.69, 9.17) is 11.6 Å². The Hall–Kier alpha value is -1.96. The number of carbonyl (C=O) groups excluding carboxylic acids is 2.